The van der Waals surface area contributed by atoms with Gasteiger partial charge in [-0.2, -0.15) is 0 Å². The zero-order valence-electron chi connectivity index (χ0n) is 11.0. The second-order valence-corrected chi connectivity index (χ2v) is 5.07. The normalized spacial score (nSPS) is 19.3. The Balaban J connectivity index is 1.93. The van der Waals surface area contributed by atoms with Gasteiger partial charge < -0.3 is 11.1 Å². The third kappa shape index (κ3) is 2.91. The summed E-state index contributed by atoms with van der Waals surface area (Å²) in [6.07, 6.45) is 3.59. The molecule has 0 aromatic heterocycles. The number of nitrogens with one attached hydrogen (secondary N) is 1. The van der Waals surface area contributed by atoms with Crippen molar-refractivity contribution in [2.45, 2.75) is 38.6 Å². The molecule has 1 aromatic rings. The molecule has 3 heteroatoms. The first kappa shape index (κ1) is 13.1. The third-order valence-corrected chi connectivity index (χ3v) is 3.85. The molecule has 0 bridgehead atoms. The summed E-state index contributed by atoms with van der Waals surface area (Å²) >= 11 is 0. The number of carbonyl (C=O) groups excluding carboxylic acids is 1. The van der Waals surface area contributed by atoms with Crippen LogP contribution in [0.3, 0.4) is 0 Å². The lowest BCUT2D eigenvalue weighted by Gasteiger charge is -2.17. The van der Waals surface area contributed by atoms with Gasteiger partial charge >= 0.3 is 0 Å². The van der Waals surface area contributed by atoms with Crippen LogP contribution in [-0.4, -0.2) is 12.5 Å². The fraction of sp³-hybridized carbons (Fsp3) is 0.533. The third-order valence-electron chi connectivity index (χ3n) is 3.85. The fourth-order valence-corrected chi connectivity index (χ4v) is 2.62. The first-order valence-corrected chi connectivity index (χ1v) is 6.81. The quantitative estimate of drug-likeness (QED) is 0.836. The van der Waals surface area contributed by atoms with Gasteiger partial charge in [-0.05, 0) is 36.4 Å². The summed E-state index contributed by atoms with van der Waals surface area (Å²) in [7, 11) is 0. The molecule has 1 aromatic carbocycles. The second-order valence-electron chi connectivity index (χ2n) is 5.07. The molecule has 3 nitrogen and oxygen atoms in total. The van der Waals surface area contributed by atoms with Crippen LogP contribution >= 0.6 is 0 Å². The van der Waals surface area contributed by atoms with Crippen molar-refractivity contribution < 1.29 is 4.79 Å². The van der Waals surface area contributed by atoms with Crippen molar-refractivity contribution in [1.82, 2.24) is 5.32 Å². The molecule has 2 unspecified atom stereocenters. The lowest BCUT2D eigenvalue weighted by molar-refractivity contribution is -0.122. The van der Waals surface area contributed by atoms with E-state index in [9.17, 15) is 4.79 Å². The SMILES string of the molecule is CCC(CN)CC(=O)NC1CCc2ccccc21. The Morgan fingerprint density at radius 1 is 1.50 bits per heavy atom. The minimum Gasteiger partial charge on any atom is -0.349 e. The van der Waals surface area contributed by atoms with Gasteiger partial charge in [0.15, 0.2) is 0 Å². The molecule has 0 radical (unpaired) electrons. The minimum atomic E-state index is 0.133. The van der Waals surface area contributed by atoms with E-state index in [0.29, 0.717) is 18.9 Å². The number of hydrogen-bond donors (Lipinski definition) is 2. The summed E-state index contributed by atoms with van der Waals surface area (Å²) in [4.78, 5) is 12.0. The van der Waals surface area contributed by atoms with Gasteiger partial charge in [0, 0.05) is 6.42 Å². The number of rotatable bonds is 5. The van der Waals surface area contributed by atoms with E-state index in [0.717, 1.165) is 19.3 Å². The van der Waals surface area contributed by atoms with E-state index < -0.39 is 0 Å². The van der Waals surface area contributed by atoms with Crippen LogP contribution in [0, 0.1) is 5.92 Å². The molecular formula is C15H22N2O. The predicted molar refractivity (Wildman–Crippen MR) is 73.1 cm³/mol. The molecule has 1 amide bonds. The molecular weight excluding hydrogens is 224 g/mol. The Morgan fingerprint density at radius 3 is 3.00 bits per heavy atom. The smallest absolute Gasteiger partial charge is 0.220 e. The van der Waals surface area contributed by atoms with Crippen molar-refractivity contribution in [1.29, 1.82) is 0 Å². The highest BCUT2D eigenvalue weighted by molar-refractivity contribution is 5.77. The molecule has 98 valence electrons. The average molecular weight is 246 g/mol. The Kier molecular flexibility index (Phi) is 4.37. The predicted octanol–water partition coefficient (Wildman–Crippen LogP) is 2.17. The number of fused-ring (bicyclic) bond motifs is 1. The van der Waals surface area contributed by atoms with E-state index in [1.807, 2.05) is 6.07 Å². The Bertz CT molecular complexity index is 413. The van der Waals surface area contributed by atoms with Gasteiger partial charge in [0.25, 0.3) is 0 Å². The monoisotopic (exact) mass is 246 g/mol. The molecule has 1 aliphatic carbocycles. The van der Waals surface area contributed by atoms with Crippen LogP contribution in [-0.2, 0) is 11.2 Å². The summed E-state index contributed by atoms with van der Waals surface area (Å²) in [6.45, 7) is 2.67. The van der Waals surface area contributed by atoms with Crippen molar-refractivity contribution in [3.8, 4) is 0 Å². The number of benzene rings is 1. The zero-order chi connectivity index (χ0) is 13.0. The standard InChI is InChI=1S/C15H22N2O/c1-2-11(10-16)9-15(18)17-14-8-7-12-5-3-4-6-13(12)14/h3-6,11,14H,2,7-10,16H2,1H3,(H,17,18). The molecule has 0 aliphatic heterocycles. The number of hydrogen-bond acceptors (Lipinski definition) is 2. The highest BCUT2D eigenvalue weighted by Crippen LogP contribution is 2.30. The summed E-state index contributed by atoms with van der Waals surface area (Å²) in [5.41, 5.74) is 8.29. The molecule has 18 heavy (non-hydrogen) atoms. The number of nitrogens with two attached hydrogens (primary N) is 1. The van der Waals surface area contributed by atoms with Crippen molar-refractivity contribution in [2.24, 2.45) is 11.7 Å². The van der Waals surface area contributed by atoms with Crippen LogP contribution in [0.2, 0.25) is 0 Å². The Hall–Kier alpha value is -1.35. The van der Waals surface area contributed by atoms with Gasteiger partial charge in [-0.15, -0.1) is 0 Å². The first-order valence-electron chi connectivity index (χ1n) is 6.81. The van der Waals surface area contributed by atoms with E-state index >= 15 is 0 Å². The topological polar surface area (TPSA) is 55.1 Å². The van der Waals surface area contributed by atoms with E-state index in [-0.39, 0.29) is 11.9 Å². The second kappa shape index (κ2) is 6.01. The number of aryl methyl sites for hydroxylation is 1. The van der Waals surface area contributed by atoms with Gasteiger partial charge in [0.05, 0.1) is 6.04 Å². The van der Waals surface area contributed by atoms with Crippen LogP contribution in [0.15, 0.2) is 24.3 Å². The molecule has 0 spiro atoms. The summed E-state index contributed by atoms with van der Waals surface area (Å²) in [5, 5.41) is 3.14. The molecule has 2 rings (SSSR count). The van der Waals surface area contributed by atoms with E-state index in [2.05, 4.69) is 30.4 Å². The highest BCUT2D eigenvalue weighted by Gasteiger charge is 2.23. The molecule has 0 saturated carbocycles. The number of amides is 1. The van der Waals surface area contributed by atoms with Gasteiger partial charge in [0.1, 0.15) is 0 Å². The van der Waals surface area contributed by atoms with Gasteiger partial charge in [-0.1, -0.05) is 37.6 Å². The van der Waals surface area contributed by atoms with Crippen LogP contribution in [0.25, 0.3) is 0 Å². The van der Waals surface area contributed by atoms with Crippen molar-refractivity contribution >= 4 is 5.91 Å². The largest absolute Gasteiger partial charge is 0.349 e. The van der Waals surface area contributed by atoms with E-state index in [4.69, 9.17) is 5.73 Å². The van der Waals surface area contributed by atoms with Crippen LogP contribution in [0.4, 0.5) is 0 Å². The van der Waals surface area contributed by atoms with Crippen LogP contribution in [0.5, 0.6) is 0 Å². The van der Waals surface area contributed by atoms with Crippen LogP contribution in [0.1, 0.15) is 43.4 Å². The van der Waals surface area contributed by atoms with Gasteiger partial charge in [0.2, 0.25) is 5.91 Å². The summed E-state index contributed by atoms with van der Waals surface area (Å²) in [6, 6.07) is 8.57. The van der Waals surface area contributed by atoms with Gasteiger partial charge in [-0.3, -0.25) is 4.79 Å². The highest BCUT2D eigenvalue weighted by atomic mass is 16.1. The van der Waals surface area contributed by atoms with Crippen molar-refractivity contribution in [2.75, 3.05) is 6.54 Å². The molecule has 2 atom stereocenters. The number of carbonyl (C=O) groups is 1. The molecule has 3 N–H and O–H groups in total. The van der Waals surface area contributed by atoms with Crippen molar-refractivity contribution in [3.63, 3.8) is 0 Å². The molecule has 0 fully saturated rings. The fourth-order valence-electron chi connectivity index (χ4n) is 2.62. The van der Waals surface area contributed by atoms with Crippen LogP contribution < -0.4 is 11.1 Å². The maximum atomic E-state index is 12.0. The maximum Gasteiger partial charge on any atom is 0.220 e. The van der Waals surface area contributed by atoms with Crippen molar-refractivity contribution in [3.05, 3.63) is 35.4 Å². The lowest BCUT2D eigenvalue weighted by Crippen LogP contribution is -2.30. The molecule has 0 saturated heterocycles. The summed E-state index contributed by atoms with van der Waals surface area (Å²) < 4.78 is 0. The molecule has 0 heterocycles. The van der Waals surface area contributed by atoms with E-state index in [1.165, 1.54) is 11.1 Å². The van der Waals surface area contributed by atoms with Gasteiger partial charge in [-0.25, -0.2) is 0 Å². The zero-order valence-corrected chi connectivity index (χ0v) is 11.0. The minimum absolute atomic E-state index is 0.133. The Morgan fingerprint density at radius 2 is 2.28 bits per heavy atom. The Labute approximate surface area is 109 Å². The maximum absolute atomic E-state index is 12.0. The summed E-state index contributed by atoms with van der Waals surface area (Å²) in [5.74, 6) is 0.440. The lowest BCUT2D eigenvalue weighted by atomic mass is 10.0. The first-order chi connectivity index (χ1) is 8.74. The van der Waals surface area contributed by atoms with E-state index in [1.54, 1.807) is 0 Å². The average Bonchev–Trinajstić information content (AvgIpc) is 2.79. The molecule has 1 aliphatic rings.